The first kappa shape index (κ1) is 15.0. The van der Waals surface area contributed by atoms with E-state index in [-0.39, 0.29) is 5.56 Å². The van der Waals surface area contributed by atoms with Crippen LogP contribution in [0.4, 0.5) is 5.69 Å². The summed E-state index contributed by atoms with van der Waals surface area (Å²) in [5, 5.41) is 0.871. The zero-order valence-corrected chi connectivity index (χ0v) is 14.2. The normalized spacial score (nSPS) is 15.2. The number of nitrogens with zero attached hydrogens (tertiary/aromatic N) is 2. The largest absolute Gasteiger partial charge is 0.311 e. The Morgan fingerprint density at radius 3 is 2.50 bits per heavy atom. The molecule has 24 heavy (non-hydrogen) atoms. The van der Waals surface area contributed by atoms with Crippen LogP contribution in [-0.2, 0) is 17.1 Å². The van der Waals surface area contributed by atoms with Crippen LogP contribution in [0.1, 0.15) is 6.92 Å². The maximum absolute atomic E-state index is 12.9. The molecular weight excluding hydrogens is 324 g/mol. The van der Waals surface area contributed by atoms with Crippen molar-refractivity contribution in [3.63, 3.8) is 0 Å². The molecule has 1 aromatic heterocycles. The second-order valence-corrected chi connectivity index (χ2v) is 7.62. The van der Waals surface area contributed by atoms with Crippen molar-refractivity contribution < 1.29 is 8.42 Å². The van der Waals surface area contributed by atoms with Crippen molar-refractivity contribution in [2.45, 2.75) is 11.8 Å². The van der Waals surface area contributed by atoms with Gasteiger partial charge in [0.2, 0.25) is 0 Å². The molecule has 2 heterocycles. The third-order valence-corrected chi connectivity index (χ3v) is 6.51. The highest BCUT2D eigenvalue weighted by Gasteiger charge is 2.34. The molecule has 122 valence electrons. The minimum Gasteiger partial charge on any atom is -0.311 e. The number of hydrogen-bond acceptors (Lipinski definition) is 3. The van der Waals surface area contributed by atoms with Crippen LogP contribution in [0.2, 0.25) is 0 Å². The van der Waals surface area contributed by atoms with Gasteiger partial charge < -0.3 is 4.57 Å². The van der Waals surface area contributed by atoms with Gasteiger partial charge in [0.05, 0.1) is 16.1 Å². The molecule has 1 aliphatic rings. The Labute approximate surface area is 139 Å². The summed E-state index contributed by atoms with van der Waals surface area (Å²) in [5.41, 5.74) is 2.89. The van der Waals surface area contributed by atoms with Crippen LogP contribution in [0.5, 0.6) is 0 Å². The number of anilines is 1. The molecule has 0 aliphatic carbocycles. The third kappa shape index (κ3) is 1.80. The Morgan fingerprint density at radius 2 is 1.75 bits per heavy atom. The fraction of sp³-hybridized carbons (Fsp3) is 0.167. The van der Waals surface area contributed by atoms with Gasteiger partial charge in [0, 0.05) is 36.2 Å². The summed E-state index contributed by atoms with van der Waals surface area (Å²) in [6.45, 7) is 2.17. The second kappa shape index (κ2) is 4.95. The SMILES string of the molecule is CCN1c2ccc3c(ccc(=O)n3C)c2-c2ccccc2S1(=O)=O. The van der Waals surface area contributed by atoms with Crippen LogP contribution in [-0.4, -0.2) is 19.5 Å². The fourth-order valence-electron chi connectivity index (χ4n) is 3.42. The molecule has 5 nitrogen and oxygen atoms in total. The van der Waals surface area contributed by atoms with Gasteiger partial charge in [-0.3, -0.25) is 9.10 Å². The quantitative estimate of drug-likeness (QED) is 0.684. The van der Waals surface area contributed by atoms with Crippen molar-refractivity contribution in [1.29, 1.82) is 0 Å². The summed E-state index contributed by atoms with van der Waals surface area (Å²) >= 11 is 0. The molecule has 0 atom stereocenters. The second-order valence-electron chi connectivity index (χ2n) is 5.79. The maximum atomic E-state index is 12.9. The lowest BCUT2D eigenvalue weighted by Crippen LogP contribution is -2.34. The number of sulfonamides is 1. The highest BCUT2D eigenvalue weighted by atomic mass is 32.2. The van der Waals surface area contributed by atoms with E-state index >= 15 is 0 Å². The van der Waals surface area contributed by atoms with Crippen molar-refractivity contribution in [3.05, 3.63) is 58.9 Å². The lowest BCUT2D eigenvalue weighted by Gasteiger charge is -2.32. The van der Waals surface area contributed by atoms with E-state index in [0.29, 0.717) is 22.7 Å². The number of fused-ring (bicyclic) bond motifs is 5. The standard InChI is InChI=1S/C18H16N2O3S/c1-3-20-15-10-9-14-12(8-11-17(21)19(14)2)18(15)13-6-4-5-7-16(13)24(20,22)23/h4-11H,3H2,1-2H3. The van der Waals surface area contributed by atoms with Crippen molar-refractivity contribution in [2.75, 3.05) is 10.8 Å². The molecule has 1 aliphatic heterocycles. The van der Waals surface area contributed by atoms with E-state index in [9.17, 15) is 13.2 Å². The average Bonchev–Trinajstić information content (AvgIpc) is 2.58. The van der Waals surface area contributed by atoms with E-state index < -0.39 is 10.0 Å². The summed E-state index contributed by atoms with van der Waals surface area (Å²) in [5.74, 6) is 0. The van der Waals surface area contributed by atoms with Gasteiger partial charge in [-0.2, -0.15) is 0 Å². The number of hydrogen-bond donors (Lipinski definition) is 0. The topological polar surface area (TPSA) is 59.4 Å². The van der Waals surface area contributed by atoms with Crippen molar-refractivity contribution in [3.8, 4) is 11.1 Å². The minimum absolute atomic E-state index is 0.0912. The van der Waals surface area contributed by atoms with Crippen LogP contribution < -0.4 is 9.86 Å². The van der Waals surface area contributed by atoms with E-state index in [1.165, 1.54) is 10.4 Å². The van der Waals surface area contributed by atoms with Crippen molar-refractivity contribution in [1.82, 2.24) is 4.57 Å². The molecule has 6 heteroatoms. The molecular formula is C18H16N2O3S. The molecule has 0 saturated carbocycles. The molecule has 0 N–H and O–H groups in total. The van der Waals surface area contributed by atoms with Crippen LogP contribution in [0.3, 0.4) is 0 Å². The smallest absolute Gasteiger partial charge is 0.264 e. The van der Waals surface area contributed by atoms with Gasteiger partial charge in [-0.05, 0) is 31.2 Å². The van der Waals surface area contributed by atoms with Gasteiger partial charge in [0.25, 0.3) is 15.6 Å². The maximum Gasteiger partial charge on any atom is 0.264 e. The monoisotopic (exact) mass is 340 g/mol. The summed E-state index contributed by atoms with van der Waals surface area (Å²) in [4.78, 5) is 12.2. The zero-order chi connectivity index (χ0) is 17.1. The van der Waals surface area contributed by atoms with Crippen LogP contribution in [0.25, 0.3) is 22.0 Å². The zero-order valence-electron chi connectivity index (χ0n) is 13.4. The van der Waals surface area contributed by atoms with Crippen LogP contribution in [0, 0.1) is 0 Å². The number of aryl methyl sites for hydroxylation is 1. The van der Waals surface area contributed by atoms with E-state index in [2.05, 4.69) is 0 Å². The predicted octanol–water partition coefficient (Wildman–Crippen LogP) is 2.73. The Balaban J connectivity index is 2.24. The summed E-state index contributed by atoms with van der Waals surface area (Å²) in [6.07, 6.45) is 0. The molecule has 3 aromatic rings. The van der Waals surface area contributed by atoms with Crippen LogP contribution >= 0.6 is 0 Å². The Hall–Kier alpha value is -2.60. The van der Waals surface area contributed by atoms with E-state index in [0.717, 1.165) is 16.5 Å². The molecule has 0 saturated heterocycles. The molecule has 4 rings (SSSR count). The molecule has 0 spiro atoms. The Bertz CT molecular complexity index is 1150. The Morgan fingerprint density at radius 1 is 1.00 bits per heavy atom. The number of aromatic nitrogens is 1. The molecule has 0 amide bonds. The average molecular weight is 340 g/mol. The van der Waals surface area contributed by atoms with Gasteiger partial charge >= 0.3 is 0 Å². The molecule has 0 bridgehead atoms. The first-order valence-corrected chi connectivity index (χ1v) is 9.15. The minimum atomic E-state index is -3.57. The van der Waals surface area contributed by atoms with Gasteiger partial charge in [0.1, 0.15) is 0 Å². The van der Waals surface area contributed by atoms with E-state index in [1.54, 1.807) is 35.9 Å². The first-order valence-electron chi connectivity index (χ1n) is 7.71. The highest BCUT2D eigenvalue weighted by molar-refractivity contribution is 7.93. The predicted molar refractivity (Wildman–Crippen MR) is 94.8 cm³/mol. The van der Waals surface area contributed by atoms with Gasteiger partial charge in [0.15, 0.2) is 0 Å². The molecule has 0 fully saturated rings. The molecule has 0 unspecified atom stereocenters. The third-order valence-electron chi connectivity index (χ3n) is 4.57. The van der Waals surface area contributed by atoms with E-state index in [4.69, 9.17) is 0 Å². The lowest BCUT2D eigenvalue weighted by molar-refractivity contribution is 0.591. The fourth-order valence-corrected chi connectivity index (χ4v) is 5.11. The molecule has 2 aromatic carbocycles. The first-order chi connectivity index (χ1) is 11.5. The number of rotatable bonds is 1. The molecule has 0 radical (unpaired) electrons. The number of pyridine rings is 1. The van der Waals surface area contributed by atoms with E-state index in [1.807, 2.05) is 25.1 Å². The van der Waals surface area contributed by atoms with Crippen molar-refractivity contribution in [2.24, 2.45) is 7.05 Å². The summed E-state index contributed by atoms with van der Waals surface area (Å²) < 4.78 is 28.9. The summed E-state index contributed by atoms with van der Waals surface area (Å²) in [7, 11) is -1.85. The number of benzene rings is 2. The van der Waals surface area contributed by atoms with Gasteiger partial charge in [-0.15, -0.1) is 0 Å². The van der Waals surface area contributed by atoms with Gasteiger partial charge in [-0.25, -0.2) is 8.42 Å². The van der Waals surface area contributed by atoms with Gasteiger partial charge in [-0.1, -0.05) is 18.2 Å². The summed E-state index contributed by atoms with van der Waals surface area (Å²) in [6, 6.07) is 13.9. The van der Waals surface area contributed by atoms with Crippen LogP contribution in [0.15, 0.2) is 58.2 Å². The lowest BCUT2D eigenvalue weighted by atomic mass is 9.98. The highest BCUT2D eigenvalue weighted by Crippen LogP contribution is 2.45. The van der Waals surface area contributed by atoms with Crippen molar-refractivity contribution >= 4 is 26.6 Å². The Kier molecular flexibility index (Phi) is 3.08.